The van der Waals surface area contributed by atoms with E-state index in [1.807, 2.05) is 18.3 Å². The van der Waals surface area contributed by atoms with Crippen molar-refractivity contribution in [2.45, 2.75) is 54.5 Å². The van der Waals surface area contributed by atoms with Crippen LogP contribution in [0.2, 0.25) is 10.0 Å². The first kappa shape index (κ1) is 19.5. The van der Waals surface area contributed by atoms with Gasteiger partial charge in [-0.2, -0.15) is 0 Å². The third kappa shape index (κ3) is 3.40. The van der Waals surface area contributed by atoms with Crippen LogP contribution in [0.25, 0.3) is 0 Å². The first-order valence-corrected chi connectivity index (χ1v) is 11.1. The Morgan fingerprint density at radius 1 is 1.15 bits per heavy atom. The molecule has 1 aromatic heterocycles. The van der Waals surface area contributed by atoms with E-state index in [0.717, 1.165) is 47.8 Å². The Balaban J connectivity index is 1.64. The van der Waals surface area contributed by atoms with Gasteiger partial charge in [0.05, 0.1) is 10.0 Å². The molecule has 144 valence electrons. The molecular weight excluding hydrogens is 397 g/mol. The molecule has 1 unspecified atom stereocenters. The number of nitrogens with zero attached hydrogens (tertiary/aromatic N) is 1. The van der Waals surface area contributed by atoms with Gasteiger partial charge in [-0.25, -0.2) is 4.98 Å². The van der Waals surface area contributed by atoms with Crippen molar-refractivity contribution in [1.82, 2.24) is 10.3 Å². The molecule has 1 saturated heterocycles. The average molecular weight is 422 g/mol. The van der Waals surface area contributed by atoms with Gasteiger partial charge in [0.15, 0.2) is 0 Å². The average Bonchev–Trinajstić information content (AvgIpc) is 2.98. The molecule has 2 heterocycles. The molecule has 2 aliphatic rings. The van der Waals surface area contributed by atoms with E-state index >= 15 is 0 Å². The quantitative estimate of drug-likeness (QED) is 0.681. The highest BCUT2D eigenvalue weighted by molar-refractivity contribution is 7.99. The van der Waals surface area contributed by atoms with E-state index in [2.05, 4.69) is 18.3 Å². The summed E-state index contributed by atoms with van der Waals surface area (Å²) in [4.78, 5) is 5.70. The minimum atomic E-state index is -0.274. The molecule has 1 aliphatic carbocycles. The van der Waals surface area contributed by atoms with Crippen LogP contribution in [0.15, 0.2) is 40.4 Å². The molecular formula is C21H25Cl2N3S. The van der Waals surface area contributed by atoms with Crippen LogP contribution in [0, 0.1) is 12.3 Å². The number of aromatic nitrogens is 1. The number of rotatable bonds is 3. The van der Waals surface area contributed by atoms with Crippen molar-refractivity contribution in [3.8, 4) is 0 Å². The summed E-state index contributed by atoms with van der Waals surface area (Å²) < 4.78 is 0. The van der Waals surface area contributed by atoms with Crippen LogP contribution in [-0.4, -0.2) is 18.1 Å². The summed E-state index contributed by atoms with van der Waals surface area (Å²) in [6, 6.07) is 7.92. The van der Waals surface area contributed by atoms with E-state index in [0.29, 0.717) is 10.0 Å². The lowest BCUT2D eigenvalue weighted by Gasteiger charge is -2.47. The van der Waals surface area contributed by atoms with Gasteiger partial charge in [0.25, 0.3) is 0 Å². The number of aryl methyl sites for hydroxylation is 1. The van der Waals surface area contributed by atoms with Gasteiger partial charge in [-0.3, -0.25) is 0 Å². The molecule has 6 heteroatoms. The summed E-state index contributed by atoms with van der Waals surface area (Å²) in [6.07, 6.45) is 7.75. The predicted molar refractivity (Wildman–Crippen MR) is 114 cm³/mol. The lowest BCUT2D eigenvalue weighted by molar-refractivity contribution is 0.106. The SMILES string of the molecule is Cc1cc(C2(N)CCCC23CCNCC3)cnc1Sc1cccc(Cl)c1Cl. The van der Waals surface area contributed by atoms with Gasteiger partial charge in [-0.05, 0) is 80.4 Å². The molecule has 1 aromatic carbocycles. The fourth-order valence-corrected chi connectivity index (χ4v) is 6.18. The summed E-state index contributed by atoms with van der Waals surface area (Å²) in [6.45, 7) is 4.23. The van der Waals surface area contributed by atoms with Crippen LogP contribution < -0.4 is 11.1 Å². The molecule has 3 nitrogen and oxygen atoms in total. The molecule has 1 atom stereocenters. The zero-order chi connectivity index (χ0) is 19.1. The molecule has 2 aromatic rings. The highest BCUT2D eigenvalue weighted by atomic mass is 35.5. The van der Waals surface area contributed by atoms with Gasteiger partial charge in [0.2, 0.25) is 0 Å². The number of hydrogen-bond acceptors (Lipinski definition) is 4. The van der Waals surface area contributed by atoms with Gasteiger partial charge >= 0.3 is 0 Å². The summed E-state index contributed by atoms with van der Waals surface area (Å²) in [7, 11) is 0. The van der Waals surface area contributed by atoms with Crippen molar-refractivity contribution in [2.24, 2.45) is 11.1 Å². The molecule has 3 N–H and O–H groups in total. The molecule has 1 spiro atoms. The Labute approximate surface area is 175 Å². The highest BCUT2D eigenvalue weighted by Gasteiger charge is 2.53. The van der Waals surface area contributed by atoms with Crippen LogP contribution in [0.3, 0.4) is 0 Å². The maximum absolute atomic E-state index is 7.09. The maximum Gasteiger partial charge on any atom is 0.104 e. The standard InChI is InChI=1S/C21H25Cl2N3S/c1-14-12-15(21(24)7-3-6-20(21)8-10-25-11-9-20)13-26-19(14)27-17-5-2-4-16(22)18(17)23/h2,4-5,12-13,25H,3,6-11,24H2,1H3. The first-order valence-electron chi connectivity index (χ1n) is 9.54. The number of hydrogen-bond donors (Lipinski definition) is 2. The lowest BCUT2D eigenvalue weighted by atomic mass is 9.64. The summed E-state index contributed by atoms with van der Waals surface area (Å²) in [5, 5.41) is 5.58. The number of pyridine rings is 1. The second kappa shape index (κ2) is 7.57. The van der Waals surface area contributed by atoms with Crippen molar-refractivity contribution >= 4 is 35.0 Å². The van der Waals surface area contributed by atoms with E-state index in [1.54, 1.807) is 17.8 Å². The normalized spacial score (nSPS) is 24.4. The van der Waals surface area contributed by atoms with Gasteiger partial charge < -0.3 is 11.1 Å². The Kier molecular flexibility index (Phi) is 5.47. The number of benzene rings is 1. The van der Waals surface area contributed by atoms with Gasteiger partial charge in [0.1, 0.15) is 5.03 Å². The zero-order valence-corrected chi connectivity index (χ0v) is 17.9. The molecule has 27 heavy (non-hydrogen) atoms. The number of piperidine rings is 1. The molecule has 0 amide bonds. The van der Waals surface area contributed by atoms with Crippen molar-refractivity contribution in [1.29, 1.82) is 0 Å². The van der Waals surface area contributed by atoms with Crippen LogP contribution in [0.1, 0.15) is 43.2 Å². The van der Waals surface area contributed by atoms with Gasteiger partial charge in [0, 0.05) is 16.6 Å². The second-order valence-corrected chi connectivity index (χ2v) is 9.67. The Hall–Kier alpha value is -0.780. The van der Waals surface area contributed by atoms with E-state index < -0.39 is 0 Å². The van der Waals surface area contributed by atoms with Crippen molar-refractivity contribution in [3.05, 3.63) is 51.6 Å². The van der Waals surface area contributed by atoms with Crippen molar-refractivity contribution in [2.75, 3.05) is 13.1 Å². The van der Waals surface area contributed by atoms with Crippen LogP contribution in [0.4, 0.5) is 0 Å². The third-order valence-electron chi connectivity index (χ3n) is 6.40. The lowest BCUT2D eigenvalue weighted by Crippen LogP contribution is -2.53. The number of nitrogens with one attached hydrogen (secondary N) is 1. The van der Waals surface area contributed by atoms with Crippen LogP contribution >= 0.6 is 35.0 Å². The largest absolute Gasteiger partial charge is 0.321 e. The molecule has 4 rings (SSSR count). The van der Waals surface area contributed by atoms with Crippen molar-refractivity contribution < 1.29 is 0 Å². The summed E-state index contributed by atoms with van der Waals surface area (Å²) in [5.41, 5.74) is 9.34. The Morgan fingerprint density at radius 2 is 1.93 bits per heavy atom. The third-order valence-corrected chi connectivity index (χ3v) is 8.51. The second-order valence-electron chi connectivity index (χ2n) is 7.86. The molecule has 1 aliphatic heterocycles. The molecule has 1 saturated carbocycles. The highest BCUT2D eigenvalue weighted by Crippen LogP contribution is 2.56. The molecule has 0 bridgehead atoms. The minimum absolute atomic E-state index is 0.206. The molecule has 2 fully saturated rings. The number of halogens is 2. The summed E-state index contributed by atoms with van der Waals surface area (Å²) >= 11 is 14.0. The fourth-order valence-electron chi connectivity index (χ4n) is 4.83. The van der Waals surface area contributed by atoms with Crippen molar-refractivity contribution in [3.63, 3.8) is 0 Å². The Morgan fingerprint density at radius 3 is 2.67 bits per heavy atom. The number of nitrogens with two attached hydrogens (primary N) is 1. The van der Waals surface area contributed by atoms with E-state index in [4.69, 9.17) is 33.9 Å². The first-order chi connectivity index (χ1) is 13.0. The Bertz CT molecular complexity index is 851. The van der Waals surface area contributed by atoms with E-state index in [9.17, 15) is 0 Å². The van der Waals surface area contributed by atoms with Crippen LogP contribution in [0.5, 0.6) is 0 Å². The summed E-state index contributed by atoms with van der Waals surface area (Å²) in [5.74, 6) is 0. The monoisotopic (exact) mass is 421 g/mol. The van der Waals surface area contributed by atoms with Crippen LogP contribution in [-0.2, 0) is 5.54 Å². The predicted octanol–water partition coefficient (Wildman–Crippen LogP) is 5.56. The fraction of sp³-hybridized carbons (Fsp3) is 0.476. The molecule has 0 radical (unpaired) electrons. The topological polar surface area (TPSA) is 50.9 Å². The van der Waals surface area contributed by atoms with E-state index in [-0.39, 0.29) is 11.0 Å². The van der Waals surface area contributed by atoms with Gasteiger partial charge in [-0.1, -0.05) is 47.5 Å². The minimum Gasteiger partial charge on any atom is -0.321 e. The smallest absolute Gasteiger partial charge is 0.104 e. The van der Waals surface area contributed by atoms with Gasteiger partial charge in [-0.15, -0.1) is 0 Å². The zero-order valence-electron chi connectivity index (χ0n) is 15.5. The van der Waals surface area contributed by atoms with E-state index in [1.165, 1.54) is 18.4 Å². The maximum atomic E-state index is 7.09.